The minimum atomic E-state index is -1.44. The smallest absolute Gasteiger partial charge is 0.236 e. The van der Waals surface area contributed by atoms with Gasteiger partial charge in [-0.15, -0.1) is 0 Å². The number of carbonyl (C=O) groups excluding carboxylic acids is 1. The Labute approximate surface area is 213 Å². The fraction of sp³-hybridized carbons (Fsp3) is 0.400. The van der Waals surface area contributed by atoms with E-state index >= 15 is 0 Å². The van der Waals surface area contributed by atoms with Gasteiger partial charge in [-0.05, 0) is 39.0 Å². The number of alkyl halides is 1. The number of halogens is 1. The third-order valence-electron chi connectivity index (χ3n) is 5.80. The van der Waals surface area contributed by atoms with Crippen LogP contribution in [-0.4, -0.2) is 60.9 Å². The summed E-state index contributed by atoms with van der Waals surface area (Å²) in [5.41, 5.74) is 1.31. The summed E-state index contributed by atoms with van der Waals surface area (Å²) >= 11 is 0. The van der Waals surface area contributed by atoms with E-state index in [0.717, 1.165) is 5.69 Å². The standard InChI is InChI=1S/C25H26FN9O2/c1-25(2,3)35-13-18(12-31-35)32-24-30-15-29-23(33-24)16-4-5-20(17(10-16)11-28)37-21-7-9-34(14-19(21)26)22(36)6-8-27/h4-5,10,12-13,15,19,21H,6-7,9,14H2,1-3H3,(H,29,30,32,33)/t19-,21-/m0/s1. The van der Waals surface area contributed by atoms with Crippen molar-refractivity contribution in [2.75, 3.05) is 18.4 Å². The Morgan fingerprint density at radius 2 is 2.11 bits per heavy atom. The Morgan fingerprint density at radius 1 is 1.30 bits per heavy atom. The monoisotopic (exact) mass is 503 g/mol. The molecule has 1 aliphatic heterocycles. The molecule has 12 heteroatoms. The molecule has 0 unspecified atom stereocenters. The molecule has 0 spiro atoms. The first-order valence-corrected chi connectivity index (χ1v) is 11.7. The quantitative estimate of drug-likeness (QED) is 0.535. The molecule has 1 saturated heterocycles. The number of likely N-dealkylation sites (tertiary alicyclic amines) is 1. The van der Waals surface area contributed by atoms with Gasteiger partial charge in [0.2, 0.25) is 11.9 Å². The SMILES string of the molecule is CC(C)(C)n1cc(Nc2ncnc(-c3ccc(O[C@H]4CCN(C(=O)CC#N)C[C@@H]4F)c(C#N)c3)n2)cn1. The van der Waals surface area contributed by atoms with Crippen LogP contribution in [0.4, 0.5) is 16.0 Å². The molecular formula is C25H26FN9O2. The fourth-order valence-corrected chi connectivity index (χ4v) is 3.82. The zero-order valence-electron chi connectivity index (χ0n) is 20.7. The van der Waals surface area contributed by atoms with Crippen LogP contribution in [0.2, 0.25) is 0 Å². The molecule has 0 bridgehead atoms. The van der Waals surface area contributed by atoms with Gasteiger partial charge >= 0.3 is 0 Å². The molecule has 4 rings (SSSR count). The molecule has 37 heavy (non-hydrogen) atoms. The van der Waals surface area contributed by atoms with Crippen LogP contribution in [0.5, 0.6) is 5.75 Å². The number of hydrogen-bond acceptors (Lipinski definition) is 9. The van der Waals surface area contributed by atoms with Gasteiger partial charge in [0, 0.05) is 24.7 Å². The zero-order valence-corrected chi connectivity index (χ0v) is 20.7. The number of amides is 1. The average molecular weight is 504 g/mol. The largest absolute Gasteiger partial charge is 0.486 e. The second-order valence-electron chi connectivity index (χ2n) is 9.56. The third kappa shape index (κ3) is 5.98. The first-order valence-electron chi connectivity index (χ1n) is 11.7. The van der Waals surface area contributed by atoms with E-state index in [-0.39, 0.29) is 42.8 Å². The number of ether oxygens (including phenoxy) is 1. The normalized spacial score (nSPS) is 17.5. The van der Waals surface area contributed by atoms with Crippen LogP contribution in [0.15, 0.2) is 36.9 Å². The minimum absolute atomic E-state index is 0.152. The van der Waals surface area contributed by atoms with Crippen molar-refractivity contribution in [3.05, 3.63) is 42.5 Å². The summed E-state index contributed by atoms with van der Waals surface area (Å²) < 4.78 is 22.4. The highest BCUT2D eigenvalue weighted by atomic mass is 19.1. The van der Waals surface area contributed by atoms with Crippen molar-refractivity contribution in [3.63, 3.8) is 0 Å². The number of piperidine rings is 1. The maximum absolute atomic E-state index is 14.7. The molecule has 1 aromatic carbocycles. The lowest BCUT2D eigenvalue weighted by Gasteiger charge is -2.34. The third-order valence-corrected chi connectivity index (χ3v) is 5.80. The topological polar surface area (TPSA) is 146 Å². The number of nitriles is 2. The summed E-state index contributed by atoms with van der Waals surface area (Å²) in [4.78, 5) is 26.0. The van der Waals surface area contributed by atoms with E-state index in [1.54, 1.807) is 30.5 Å². The molecule has 0 radical (unpaired) electrons. The molecule has 11 nitrogen and oxygen atoms in total. The van der Waals surface area contributed by atoms with Gasteiger partial charge in [0.25, 0.3) is 0 Å². The number of carbonyl (C=O) groups is 1. The molecule has 1 fully saturated rings. The first-order chi connectivity index (χ1) is 17.7. The van der Waals surface area contributed by atoms with E-state index in [1.807, 2.05) is 31.6 Å². The molecular weight excluding hydrogens is 477 g/mol. The van der Waals surface area contributed by atoms with Gasteiger partial charge in [-0.1, -0.05) is 0 Å². The van der Waals surface area contributed by atoms with E-state index < -0.39 is 18.2 Å². The number of aromatic nitrogens is 5. The number of rotatable bonds is 6. The van der Waals surface area contributed by atoms with Gasteiger partial charge < -0.3 is 15.0 Å². The van der Waals surface area contributed by atoms with Crippen LogP contribution in [0.25, 0.3) is 11.4 Å². The van der Waals surface area contributed by atoms with E-state index in [9.17, 15) is 14.4 Å². The van der Waals surface area contributed by atoms with Gasteiger partial charge in [-0.3, -0.25) is 9.48 Å². The predicted octanol–water partition coefficient (Wildman–Crippen LogP) is 3.34. The van der Waals surface area contributed by atoms with E-state index in [2.05, 4.69) is 31.4 Å². The van der Waals surface area contributed by atoms with Crippen molar-refractivity contribution in [2.24, 2.45) is 0 Å². The summed E-state index contributed by atoms with van der Waals surface area (Å²) in [5, 5.41) is 25.8. The van der Waals surface area contributed by atoms with E-state index in [1.165, 1.54) is 11.2 Å². The Bertz CT molecular complexity index is 1370. The van der Waals surface area contributed by atoms with Gasteiger partial charge in [0.15, 0.2) is 12.0 Å². The molecule has 2 aromatic heterocycles. The van der Waals surface area contributed by atoms with Crippen LogP contribution in [-0.2, 0) is 10.3 Å². The highest BCUT2D eigenvalue weighted by molar-refractivity contribution is 5.78. The Kier molecular flexibility index (Phi) is 7.30. The molecule has 0 saturated carbocycles. The number of nitrogens with zero attached hydrogens (tertiary/aromatic N) is 8. The van der Waals surface area contributed by atoms with Crippen LogP contribution in [0, 0.1) is 22.7 Å². The predicted molar refractivity (Wildman–Crippen MR) is 131 cm³/mol. The lowest BCUT2D eigenvalue weighted by atomic mass is 10.0. The first kappa shape index (κ1) is 25.5. The van der Waals surface area contributed by atoms with E-state index in [0.29, 0.717) is 17.3 Å². The van der Waals surface area contributed by atoms with Crippen molar-refractivity contribution in [1.29, 1.82) is 10.5 Å². The van der Waals surface area contributed by atoms with Gasteiger partial charge in [0.1, 0.15) is 30.7 Å². The van der Waals surface area contributed by atoms with Gasteiger partial charge in [0.05, 0.1) is 35.6 Å². The second kappa shape index (κ2) is 10.6. The van der Waals surface area contributed by atoms with Gasteiger partial charge in [-0.25, -0.2) is 14.4 Å². The molecule has 1 amide bonds. The van der Waals surface area contributed by atoms with Crippen molar-refractivity contribution in [1.82, 2.24) is 29.6 Å². The summed E-state index contributed by atoms with van der Waals surface area (Å²) in [7, 11) is 0. The van der Waals surface area contributed by atoms with Crippen LogP contribution >= 0.6 is 0 Å². The molecule has 1 aliphatic rings. The molecule has 3 heterocycles. The molecule has 190 valence electrons. The van der Waals surface area contributed by atoms with Crippen molar-refractivity contribution >= 4 is 17.5 Å². The summed E-state index contributed by atoms with van der Waals surface area (Å²) in [5.74, 6) is 0.490. The maximum atomic E-state index is 14.7. The maximum Gasteiger partial charge on any atom is 0.236 e. The van der Waals surface area contributed by atoms with Crippen LogP contribution in [0.1, 0.15) is 39.2 Å². The Hall–Kier alpha value is -4.58. The van der Waals surface area contributed by atoms with Crippen molar-refractivity contribution in [3.8, 4) is 29.3 Å². The molecule has 2 atom stereocenters. The molecule has 0 aliphatic carbocycles. The van der Waals surface area contributed by atoms with Crippen molar-refractivity contribution in [2.45, 2.75) is 51.4 Å². The number of nitrogens with one attached hydrogen (secondary N) is 1. The van der Waals surface area contributed by atoms with Crippen LogP contribution < -0.4 is 10.1 Å². The number of anilines is 2. The Balaban J connectivity index is 1.47. The lowest BCUT2D eigenvalue weighted by Crippen LogP contribution is -2.49. The summed E-state index contributed by atoms with van der Waals surface area (Å²) in [6.07, 6.45) is 2.60. The zero-order chi connectivity index (χ0) is 26.6. The number of benzene rings is 1. The second-order valence-corrected chi connectivity index (χ2v) is 9.56. The average Bonchev–Trinajstić information content (AvgIpc) is 3.35. The minimum Gasteiger partial charge on any atom is -0.486 e. The van der Waals surface area contributed by atoms with E-state index in [4.69, 9.17) is 10.00 Å². The lowest BCUT2D eigenvalue weighted by molar-refractivity contribution is -0.134. The highest BCUT2D eigenvalue weighted by Crippen LogP contribution is 2.28. The molecule has 1 N–H and O–H groups in total. The summed E-state index contributed by atoms with van der Waals surface area (Å²) in [6.45, 7) is 6.25. The number of hydrogen-bond donors (Lipinski definition) is 1. The van der Waals surface area contributed by atoms with Crippen molar-refractivity contribution < 1.29 is 13.9 Å². The Morgan fingerprint density at radius 3 is 2.78 bits per heavy atom. The van der Waals surface area contributed by atoms with Gasteiger partial charge in [-0.2, -0.15) is 20.6 Å². The fourth-order valence-electron chi connectivity index (χ4n) is 3.82. The molecule has 3 aromatic rings. The highest BCUT2D eigenvalue weighted by Gasteiger charge is 2.33. The van der Waals surface area contributed by atoms with Crippen LogP contribution in [0.3, 0.4) is 0 Å². The summed E-state index contributed by atoms with van der Waals surface area (Å²) in [6, 6.07) is 8.70.